The van der Waals surface area contributed by atoms with Crippen LogP contribution in [0.1, 0.15) is 11.1 Å². The molecule has 0 saturated carbocycles. The van der Waals surface area contributed by atoms with Gasteiger partial charge < -0.3 is 30.2 Å². The monoisotopic (exact) mass is 650 g/mol. The van der Waals surface area contributed by atoms with Crippen LogP contribution in [0.15, 0.2) is 97.1 Å². The number of nitrogens with zero attached hydrogens (tertiary/aromatic N) is 6. The second kappa shape index (κ2) is 14.7. The molecule has 0 aliphatic carbocycles. The average molecular weight is 651 g/mol. The summed E-state index contributed by atoms with van der Waals surface area (Å²) in [6.07, 6.45) is 0. The molecule has 13 nitrogen and oxygen atoms in total. The minimum atomic E-state index is -0.378. The maximum Gasteiger partial charge on any atom is 0.320 e. The van der Waals surface area contributed by atoms with Gasteiger partial charge in [0.25, 0.3) is 11.4 Å². The Morgan fingerprint density at radius 3 is 1.29 bits per heavy atom. The Morgan fingerprint density at radius 2 is 0.938 bits per heavy atom. The summed E-state index contributed by atoms with van der Waals surface area (Å²) in [6, 6.07) is 29.7. The third-order valence-electron chi connectivity index (χ3n) is 8.84. The largest absolute Gasteiger partial charge is 0.375 e. The van der Waals surface area contributed by atoms with Gasteiger partial charge in [-0.25, -0.2) is 4.79 Å². The minimum Gasteiger partial charge on any atom is -0.375 e. The summed E-state index contributed by atoms with van der Waals surface area (Å²) in [4.78, 5) is 44.1. The number of piperazine rings is 2. The quantitative estimate of drug-likeness (QED) is 0.161. The van der Waals surface area contributed by atoms with Crippen LogP contribution in [0.5, 0.6) is 0 Å². The van der Waals surface area contributed by atoms with Crippen LogP contribution >= 0.6 is 0 Å². The molecule has 2 amide bonds. The van der Waals surface area contributed by atoms with Crippen molar-refractivity contribution in [2.24, 2.45) is 0 Å². The fourth-order valence-corrected chi connectivity index (χ4v) is 6.14. The van der Waals surface area contributed by atoms with Gasteiger partial charge in [-0.3, -0.25) is 20.2 Å². The maximum absolute atomic E-state index is 13.5. The normalized spacial score (nSPS) is 14.8. The van der Waals surface area contributed by atoms with Gasteiger partial charge in [0.1, 0.15) is 11.4 Å². The number of benzene rings is 4. The highest BCUT2D eigenvalue weighted by Gasteiger charge is 2.29. The van der Waals surface area contributed by atoms with Gasteiger partial charge in [0.05, 0.1) is 9.85 Å². The van der Waals surface area contributed by atoms with Crippen molar-refractivity contribution in [1.82, 2.24) is 9.80 Å². The molecule has 248 valence electrons. The zero-order valence-corrected chi connectivity index (χ0v) is 26.5. The van der Waals surface area contributed by atoms with Crippen LogP contribution in [-0.2, 0) is 13.1 Å². The summed E-state index contributed by atoms with van der Waals surface area (Å²) >= 11 is 0. The van der Waals surface area contributed by atoms with Gasteiger partial charge in [0.15, 0.2) is 0 Å². The van der Waals surface area contributed by atoms with E-state index >= 15 is 0 Å². The number of rotatable bonds is 10. The van der Waals surface area contributed by atoms with E-state index in [4.69, 9.17) is 0 Å². The molecule has 48 heavy (non-hydrogen) atoms. The summed E-state index contributed by atoms with van der Waals surface area (Å²) in [5.74, 6) is 0. The topological polar surface area (TPSA) is 140 Å². The highest BCUT2D eigenvalue weighted by Crippen LogP contribution is 2.32. The van der Waals surface area contributed by atoms with Crippen molar-refractivity contribution in [3.8, 4) is 0 Å². The molecule has 2 fully saturated rings. The van der Waals surface area contributed by atoms with Gasteiger partial charge in [-0.1, -0.05) is 60.7 Å². The third kappa shape index (κ3) is 7.57. The standard InChI is InChI=1S/C35H38N8O5/c44-35(40-19-15-38(16-20-40)29-11-13-33(42(45)46)31(23-29)36-25-27-7-3-1-4-8-27)41-21-17-39(18-22-41)30-12-14-34(43(47)48)32(24-30)37-26-28-9-5-2-6-10-28/h1-14,23-24,36-37H,15-22,25-26H2. The summed E-state index contributed by atoms with van der Waals surface area (Å²) in [7, 11) is 0. The lowest BCUT2D eigenvalue weighted by Crippen LogP contribution is -2.57. The van der Waals surface area contributed by atoms with Gasteiger partial charge in [-0.15, -0.1) is 0 Å². The van der Waals surface area contributed by atoms with E-state index in [9.17, 15) is 25.0 Å². The number of amides is 2. The number of nitro groups is 2. The Morgan fingerprint density at radius 1 is 0.562 bits per heavy atom. The van der Waals surface area contributed by atoms with Crippen molar-refractivity contribution in [1.29, 1.82) is 0 Å². The summed E-state index contributed by atoms with van der Waals surface area (Å²) in [5, 5.41) is 29.8. The smallest absolute Gasteiger partial charge is 0.320 e. The highest BCUT2D eigenvalue weighted by molar-refractivity contribution is 5.76. The summed E-state index contributed by atoms with van der Waals surface area (Å²) in [5.41, 5.74) is 4.77. The van der Waals surface area contributed by atoms with Crippen molar-refractivity contribution < 1.29 is 14.6 Å². The fourth-order valence-electron chi connectivity index (χ4n) is 6.14. The van der Waals surface area contributed by atoms with Crippen molar-refractivity contribution in [2.75, 3.05) is 72.8 Å². The molecule has 2 N–H and O–H groups in total. The average Bonchev–Trinajstić information content (AvgIpc) is 3.13. The van der Waals surface area contributed by atoms with Crippen molar-refractivity contribution in [3.05, 3.63) is 128 Å². The molecule has 4 aromatic rings. The molecule has 6 rings (SSSR count). The fraction of sp³-hybridized carbons (Fsp3) is 0.286. The predicted octanol–water partition coefficient (Wildman–Crippen LogP) is 5.79. The zero-order valence-electron chi connectivity index (χ0n) is 26.5. The van der Waals surface area contributed by atoms with E-state index in [0.717, 1.165) is 22.5 Å². The zero-order chi connectivity index (χ0) is 33.5. The van der Waals surface area contributed by atoms with E-state index in [1.807, 2.05) is 82.6 Å². The third-order valence-corrected chi connectivity index (χ3v) is 8.84. The summed E-state index contributed by atoms with van der Waals surface area (Å²) < 4.78 is 0. The lowest BCUT2D eigenvalue weighted by Gasteiger charge is -2.41. The van der Waals surface area contributed by atoms with Crippen molar-refractivity contribution >= 4 is 40.2 Å². The number of urea groups is 1. The van der Waals surface area contributed by atoms with Crippen LogP contribution in [0.3, 0.4) is 0 Å². The van der Waals surface area contributed by atoms with E-state index < -0.39 is 0 Å². The Kier molecular flexibility index (Phi) is 9.84. The first-order valence-electron chi connectivity index (χ1n) is 16.0. The van der Waals surface area contributed by atoms with E-state index in [2.05, 4.69) is 20.4 Å². The second-order valence-electron chi connectivity index (χ2n) is 11.8. The molecule has 13 heteroatoms. The first-order valence-corrected chi connectivity index (χ1v) is 16.0. The predicted molar refractivity (Wildman–Crippen MR) is 187 cm³/mol. The molecule has 0 radical (unpaired) electrons. The van der Waals surface area contributed by atoms with Crippen LogP contribution in [0.25, 0.3) is 0 Å². The van der Waals surface area contributed by atoms with Crippen LogP contribution in [0, 0.1) is 20.2 Å². The Hall–Kier alpha value is -5.85. The Labute approximate surface area is 278 Å². The maximum atomic E-state index is 13.5. The first kappa shape index (κ1) is 32.1. The number of nitrogens with one attached hydrogen (secondary N) is 2. The van der Waals surface area contributed by atoms with Crippen molar-refractivity contribution in [2.45, 2.75) is 13.1 Å². The van der Waals surface area contributed by atoms with E-state index in [1.165, 1.54) is 12.1 Å². The van der Waals surface area contributed by atoms with Crippen LogP contribution in [-0.4, -0.2) is 78.0 Å². The number of hydrogen-bond donors (Lipinski definition) is 2. The van der Waals surface area contributed by atoms with Gasteiger partial charge in [-0.05, 0) is 35.4 Å². The van der Waals surface area contributed by atoms with E-state index in [0.29, 0.717) is 76.8 Å². The number of carbonyl (C=O) groups is 1. The van der Waals surface area contributed by atoms with Gasteiger partial charge in [-0.2, -0.15) is 0 Å². The Bertz CT molecular complexity index is 1610. The Balaban J connectivity index is 1.03. The van der Waals surface area contributed by atoms with Crippen LogP contribution in [0.2, 0.25) is 0 Å². The SMILES string of the molecule is O=C(N1CCN(c2ccc([N+](=O)[O-])c(NCc3ccccc3)c2)CC1)N1CCN(c2ccc([N+](=O)[O-])c(NCc3ccccc3)c2)CC1. The molecular weight excluding hydrogens is 612 g/mol. The number of anilines is 4. The molecule has 0 bridgehead atoms. The lowest BCUT2D eigenvalue weighted by molar-refractivity contribution is -0.384. The molecule has 0 atom stereocenters. The molecule has 0 spiro atoms. The van der Waals surface area contributed by atoms with Crippen LogP contribution in [0.4, 0.5) is 38.9 Å². The molecular formula is C35H38N8O5. The number of carbonyl (C=O) groups excluding carboxylic acids is 1. The molecule has 2 aliphatic heterocycles. The number of hydrogen-bond acceptors (Lipinski definition) is 9. The van der Waals surface area contributed by atoms with E-state index in [-0.39, 0.29) is 27.3 Å². The second-order valence-corrected chi connectivity index (χ2v) is 11.8. The van der Waals surface area contributed by atoms with Gasteiger partial charge in [0, 0.05) is 89.0 Å². The number of nitro benzene ring substituents is 2. The van der Waals surface area contributed by atoms with E-state index in [1.54, 1.807) is 12.1 Å². The van der Waals surface area contributed by atoms with Gasteiger partial charge >= 0.3 is 6.03 Å². The molecule has 4 aromatic carbocycles. The lowest BCUT2D eigenvalue weighted by atomic mass is 10.1. The molecule has 0 aromatic heterocycles. The van der Waals surface area contributed by atoms with Crippen molar-refractivity contribution in [3.63, 3.8) is 0 Å². The first-order chi connectivity index (χ1) is 23.4. The summed E-state index contributed by atoms with van der Waals surface area (Å²) in [6.45, 7) is 5.57. The van der Waals surface area contributed by atoms with Crippen LogP contribution < -0.4 is 20.4 Å². The highest BCUT2D eigenvalue weighted by atomic mass is 16.6. The molecule has 2 aliphatic rings. The minimum absolute atomic E-state index is 0.00265. The molecule has 2 heterocycles. The molecule has 2 saturated heterocycles. The molecule has 0 unspecified atom stereocenters. The van der Waals surface area contributed by atoms with Gasteiger partial charge in [0.2, 0.25) is 0 Å².